The van der Waals surface area contributed by atoms with E-state index in [2.05, 4.69) is 9.72 Å². The van der Waals surface area contributed by atoms with Crippen LogP contribution in [0.4, 0.5) is 0 Å². The Morgan fingerprint density at radius 2 is 2.12 bits per heavy atom. The Bertz CT molecular complexity index is 643. The second-order valence-electron chi connectivity index (χ2n) is 3.65. The predicted molar refractivity (Wildman–Crippen MR) is 58.3 cm³/mol. The first kappa shape index (κ1) is 9.77. The number of fused-ring (bicyclic) bond motifs is 3. The van der Waals surface area contributed by atoms with E-state index in [0.717, 1.165) is 5.69 Å². The molecule has 2 aromatic rings. The summed E-state index contributed by atoms with van der Waals surface area (Å²) in [5.41, 5.74) is 1.66. The van der Waals surface area contributed by atoms with Crippen LogP contribution < -0.4 is 0 Å². The molecule has 0 N–H and O–H groups in total. The first-order valence-corrected chi connectivity index (χ1v) is 5.04. The van der Waals surface area contributed by atoms with E-state index in [9.17, 15) is 9.59 Å². The Labute approximate surface area is 96.7 Å². The van der Waals surface area contributed by atoms with Crippen molar-refractivity contribution in [1.82, 2.24) is 9.55 Å². The summed E-state index contributed by atoms with van der Waals surface area (Å²) in [4.78, 5) is 27.5. The molecule has 0 unspecified atom stereocenters. The Hall–Kier alpha value is -2.43. The number of methoxy groups -OCH3 is 1. The second-order valence-corrected chi connectivity index (χ2v) is 3.65. The molecule has 0 bridgehead atoms. The van der Waals surface area contributed by atoms with Crippen molar-refractivity contribution in [3.05, 3.63) is 47.5 Å². The van der Waals surface area contributed by atoms with Crippen molar-refractivity contribution in [3.8, 4) is 5.69 Å². The molecule has 0 atom stereocenters. The van der Waals surface area contributed by atoms with E-state index < -0.39 is 5.97 Å². The molecule has 0 saturated heterocycles. The number of para-hydroxylation sites is 1. The van der Waals surface area contributed by atoms with Crippen molar-refractivity contribution in [3.63, 3.8) is 0 Å². The van der Waals surface area contributed by atoms with Gasteiger partial charge in [-0.1, -0.05) is 12.1 Å². The van der Waals surface area contributed by atoms with Crippen LogP contribution in [0.3, 0.4) is 0 Å². The molecule has 0 radical (unpaired) electrons. The third-order valence-electron chi connectivity index (χ3n) is 2.77. The minimum absolute atomic E-state index is 0.0636. The fourth-order valence-corrected chi connectivity index (χ4v) is 2.00. The van der Waals surface area contributed by atoms with Crippen LogP contribution in [0, 0.1) is 0 Å². The van der Waals surface area contributed by atoms with E-state index in [-0.39, 0.29) is 17.2 Å². The Balaban J connectivity index is 2.26. The highest BCUT2D eigenvalue weighted by atomic mass is 16.5. The Morgan fingerprint density at radius 1 is 1.35 bits per heavy atom. The zero-order valence-corrected chi connectivity index (χ0v) is 9.01. The van der Waals surface area contributed by atoms with E-state index in [4.69, 9.17) is 0 Å². The lowest BCUT2D eigenvalue weighted by Crippen LogP contribution is -2.09. The number of ketones is 1. The number of ether oxygens (including phenoxy) is 1. The number of carbonyl (C=O) groups excluding carboxylic acids is 2. The summed E-state index contributed by atoms with van der Waals surface area (Å²) in [6.45, 7) is 0. The summed E-state index contributed by atoms with van der Waals surface area (Å²) in [6.07, 6.45) is 1.46. The Morgan fingerprint density at radius 3 is 2.88 bits per heavy atom. The maximum Gasteiger partial charge on any atom is 0.359 e. The summed E-state index contributed by atoms with van der Waals surface area (Å²) in [7, 11) is 1.26. The molecule has 0 amide bonds. The fourth-order valence-electron chi connectivity index (χ4n) is 2.00. The highest BCUT2D eigenvalue weighted by Gasteiger charge is 2.32. The lowest BCUT2D eigenvalue weighted by Gasteiger charge is -1.97. The van der Waals surface area contributed by atoms with E-state index >= 15 is 0 Å². The molecule has 0 fully saturated rings. The second kappa shape index (κ2) is 3.28. The number of esters is 1. The lowest BCUT2D eigenvalue weighted by molar-refractivity contribution is 0.0591. The van der Waals surface area contributed by atoms with Gasteiger partial charge in [0, 0.05) is 5.56 Å². The van der Waals surface area contributed by atoms with Gasteiger partial charge in [0.2, 0.25) is 5.78 Å². The number of hydrogen-bond acceptors (Lipinski definition) is 4. The van der Waals surface area contributed by atoms with Crippen LogP contribution >= 0.6 is 0 Å². The summed E-state index contributed by atoms with van der Waals surface area (Å²) >= 11 is 0. The van der Waals surface area contributed by atoms with Crippen molar-refractivity contribution < 1.29 is 14.3 Å². The topological polar surface area (TPSA) is 61.2 Å². The normalized spacial score (nSPS) is 12.2. The maximum atomic E-state index is 12.1. The number of nitrogens with zero attached hydrogens (tertiary/aromatic N) is 2. The molecule has 5 heteroatoms. The van der Waals surface area contributed by atoms with Crippen LogP contribution in [0.5, 0.6) is 0 Å². The summed E-state index contributed by atoms with van der Waals surface area (Å²) in [5.74, 6) is -0.793. The molecule has 0 aliphatic carbocycles. The highest BCUT2D eigenvalue weighted by molar-refractivity contribution is 6.17. The average molecular weight is 228 g/mol. The van der Waals surface area contributed by atoms with Gasteiger partial charge in [-0.05, 0) is 12.1 Å². The molecule has 84 valence electrons. The molecule has 3 rings (SSSR count). The van der Waals surface area contributed by atoms with Crippen molar-refractivity contribution >= 4 is 11.8 Å². The molecule has 1 aliphatic heterocycles. The fraction of sp³-hybridized carbons (Fsp3) is 0.0833. The van der Waals surface area contributed by atoms with Gasteiger partial charge in [-0.3, -0.25) is 9.36 Å². The van der Waals surface area contributed by atoms with Gasteiger partial charge in [-0.15, -0.1) is 0 Å². The van der Waals surface area contributed by atoms with Gasteiger partial charge in [0.05, 0.1) is 12.8 Å². The number of hydrogen-bond donors (Lipinski definition) is 0. The number of benzene rings is 1. The monoisotopic (exact) mass is 228 g/mol. The number of rotatable bonds is 1. The van der Waals surface area contributed by atoms with Gasteiger partial charge >= 0.3 is 5.97 Å². The zero-order chi connectivity index (χ0) is 12.0. The van der Waals surface area contributed by atoms with Crippen molar-refractivity contribution in [2.24, 2.45) is 0 Å². The minimum Gasteiger partial charge on any atom is -0.464 e. The molecule has 1 aliphatic rings. The van der Waals surface area contributed by atoms with Gasteiger partial charge in [-0.25, -0.2) is 9.78 Å². The van der Waals surface area contributed by atoms with E-state index in [1.165, 1.54) is 13.4 Å². The van der Waals surface area contributed by atoms with Crippen molar-refractivity contribution in [1.29, 1.82) is 0 Å². The van der Waals surface area contributed by atoms with Crippen LogP contribution in [0.1, 0.15) is 26.5 Å². The van der Waals surface area contributed by atoms with Gasteiger partial charge in [0.1, 0.15) is 12.0 Å². The van der Waals surface area contributed by atoms with Crippen molar-refractivity contribution in [2.45, 2.75) is 0 Å². The molecular formula is C12H8N2O3. The van der Waals surface area contributed by atoms with Gasteiger partial charge in [-0.2, -0.15) is 0 Å². The first-order valence-electron chi connectivity index (χ1n) is 5.04. The molecule has 1 aromatic heterocycles. The predicted octanol–water partition coefficient (Wildman–Crippen LogP) is 1.20. The van der Waals surface area contributed by atoms with Crippen LogP contribution in [0.15, 0.2) is 30.6 Å². The van der Waals surface area contributed by atoms with Crippen LogP contribution in [-0.4, -0.2) is 28.4 Å². The summed E-state index contributed by atoms with van der Waals surface area (Å²) < 4.78 is 6.22. The molecule has 0 spiro atoms. The molecule has 2 heterocycles. The number of aromatic nitrogens is 2. The Kier molecular flexibility index (Phi) is 1.89. The quantitative estimate of drug-likeness (QED) is 0.587. The van der Waals surface area contributed by atoms with E-state index in [0.29, 0.717) is 5.56 Å². The number of carbonyl (C=O) groups is 2. The minimum atomic E-state index is -0.597. The highest BCUT2D eigenvalue weighted by Crippen LogP contribution is 2.29. The standard InChI is InChI=1S/C12H8N2O3/c1-17-12(16)9-10-11(15)7-4-2-3-5-8(7)14(10)6-13-9/h2-6H,1H3. The van der Waals surface area contributed by atoms with Crippen LogP contribution in [0.2, 0.25) is 0 Å². The van der Waals surface area contributed by atoms with Crippen LogP contribution in [-0.2, 0) is 4.74 Å². The molecule has 1 aromatic carbocycles. The SMILES string of the molecule is COC(=O)c1ncn2c1C(=O)c1ccccc1-2. The summed E-state index contributed by atoms with van der Waals surface area (Å²) in [6, 6.07) is 7.16. The molecular weight excluding hydrogens is 220 g/mol. The number of imidazole rings is 1. The third-order valence-corrected chi connectivity index (χ3v) is 2.77. The van der Waals surface area contributed by atoms with Crippen LogP contribution in [0.25, 0.3) is 5.69 Å². The maximum absolute atomic E-state index is 12.1. The molecule has 5 nitrogen and oxygen atoms in total. The largest absolute Gasteiger partial charge is 0.464 e. The van der Waals surface area contributed by atoms with Crippen molar-refractivity contribution in [2.75, 3.05) is 7.11 Å². The van der Waals surface area contributed by atoms with E-state index in [1.54, 1.807) is 16.7 Å². The smallest absolute Gasteiger partial charge is 0.359 e. The summed E-state index contributed by atoms with van der Waals surface area (Å²) in [5, 5.41) is 0. The molecule has 0 saturated carbocycles. The van der Waals surface area contributed by atoms with Gasteiger partial charge in [0.25, 0.3) is 0 Å². The van der Waals surface area contributed by atoms with E-state index in [1.807, 2.05) is 12.1 Å². The molecule has 17 heavy (non-hydrogen) atoms. The first-order chi connectivity index (χ1) is 8.24. The van der Waals surface area contributed by atoms with Gasteiger partial charge in [0.15, 0.2) is 5.69 Å². The van der Waals surface area contributed by atoms with Gasteiger partial charge < -0.3 is 4.74 Å². The lowest BCUT2D eigenvalue weighted by atomic mass is 10.1. The third kappa shape index (κ3) is 1.16. The average Bonchev–Trinajstić information content (AvgIpc) is 2.91. The zero-order valence-electron chi connectivity index (χ0n) is 9.01.